The van der Waals surface area contributed by atoms with E-state index in [0.717, 1.165) is 0 Å². The average molecular weight is 335 g/mol. The van der Waals surface area contributed by atoms with Crippen LogP contribution in [0.2, 0.25) is 0 Å². The molecule has 1 aliphatic rings. The molecule has 0 saturated carbocycles. The summed E-state index contributed by atoms with van der Waals surface area (Å²) < 4.78 is 10.9. The molecule has 2 rings (SSSR count). The Kier molecular flexibility index (Phi) is 6.43. The number of hydrogen-bond acceptors (Lipinski definition) is 5. The molecule has 0 saturated heterocycles. The van der Waals surface area contributed by atoms with Gasteiger partial charge < -0.3 is 25.4 Å². The van der Waals surface area contributed by atoms with Gasteiger partial charge in [0, 0.05) is 30.8 Å². The molecule has 1 heterocycles. The van der Waals surface area contributed by atoms with E-state index in [9.17, 15) is 9.59 Å². The first-order chi connectivity index (χ1) is 11.5. The molecule has 7 heteroatoms. The Morgan fingerprint density at radius 2 is 2.00 bits per heavy atom. The van der Waals surface area contributed by atoms with Crippen molar-refractivity contribution >= 4 is 17.5 Å². The van der Waals surface area contributed by atoms with E-state index in [1.807, 2.05) is 13.8 Å². The largest absolute Gasteiger partial charge is 0.486 e. The molecule has 0 aliphatic carbocycles. The number of anilines is 1. The maximum atomic E-state index is 12.2. The molecule has 1 aromatic rings. The van der Waals surface area contributed by atoms with Crippen molar-refractivity contribution in [2.45, 2.75) is 32.7 Å². The summed E-state index contributed by atoms with van der Waals surface area (Å²) in [5.41, 5.74) is 6.28. The second kappa shape index (κ2) is 8.54. The van der Waals surface area contributed by atoms with Gasteiger partial charge in [-0.15, -0.1) is 0 Å². The lowest BCUT2D eigenvalue weighted by Gasteiger charge is -2.21. The van der Waals surface area contributed by atoms with E-state index in [1.54, 1.807) is 18.2 Å². The van der Waals surface area contributed by atoms with Gasteiger partial charge >= 0.3 is 0 Å². The molecule has 3 N–H and O–H groups in total. The maximum absolute atomic E-state index is 12.2. The lowest BCUT2D eigenvalue weighted by Crippen LogP contribution is -2.38. The predicted molar refractivity (Wildman–Crippen MR) is 91.2 cm³/mol. The van der Waals surface area contributed by atoms with Gasteiger partial charge in [-0.05, 0) is 32.4 Å². The number of carbonyl (C=O) groups excluding carboxylic acids is 2. The predicted octanol–water partition coefficient (Wildman–Crippen LogP) is 1.37. The number of hydrogen-bond donors (Lipinski definition) is 2. The molecule has 0 fully saturated rings. The van der Waals surface area contributed by atoms with E-state index >= 15 is 0 Å². The van der Waals surface area contributed by atoms with E-state index in [-0.39, 0.29) is 24.4 Å². The third-order valence-corrected chi connectivity index (χ3v) is 3.71. The van der Waals surface area contributed by atoms with Gasteiger partial charge in [-0.2, -0.15) is 0 Å². The van der Waals surface area contributed by atoms with E-state index in [2.05, 4.69) is 5.32 Å². The molecule has 24 heavy (non-hydrogen) atoms. The fraction of sp³-hybridized carbons (Fsp3) is 0.529. The third-order valence-electron chi connectivity index (χ3n) is 3.71. The Hall–Kier alpha value is -2.28. The van der Waals surface area contributed by atoms with Crippen LogP contribution in [0.25, 0.3) is 0 Å². The highest BCUT2D eigenvalue weighted by Gasteiger charge is 2.17. The molecule has 2 amide bonds. The number of fused-ring (bicyclic) bond motifs is 1. The minimum Gasteiger partial charge on any atom is -0.486 e. The number of ether oxygens (including phenoxy) is 2. The summed E-state index contributed by atoms with van der Waals surface area (Å²) >= 11 is 0. The van der Waals surface area contributed by atoms with Crippen molar-refractivity contribution in [1.29, 1.82) is 0 Å². The van der Waals surface area contributed by atoms with E-state index in [4.69, 9.17) is 15.2 Å². The Bertz CT molecular complexity index is 589. The summed E-state index contributed by atoms with van der Waals surface area (Å²) in [6.07, 6.45) is 0.960. The topological polar surface area (TPSA) is 93.9 Å². The fourth-order valence-electron chi connectivity index (χ4n) is 2.38. The van der Waals surface area contributed by atoms with Crippen molar-refractivity contribution in [3.8, 4) is 11.5 Å². The number of carbonyl (C=O) groups is 2. The van der Waals surface area contributed by atoms with Gasteiger partial charge in [-0.25, -0.2) is 0 Å². The summed E-state index contributed by atoms with van der Waals surface area (Å²) in [7, 11) is 0. The molecule has 0 radical (unpaired) electrons. The van der Waals surface area contributed by atoms with Crippen molar-refractivity contribution in [3.05, 3.63) is 18.2 Å². The number of nitrogens with two attached hydrogens (primary N) is 1. The first-order valence-corrected chi connectivity index (χ1v) is 8.22. The Labute approximate surface area is 142 Å². The van der Waals surface area contributed by atoms with Crippen LogP contribution in [0.4, 0.5) is 5.69 Å². The van der Waals surface area contributed by atoms with E-state index < -0.39 is 0 Å². The summed E-state index contributed by atoms with van der Waals surface area (Å²) in [5, 5.41) is 2.78. The molecule has 1 aliphatic heterocycles. The van der Waals surface area contributed by atoms with Gasteiger partial charge in [-0.1, -0.05) is 0 Å². The summed E-state index contributed by atoms with van der Waals surface area (Å²) in [6.45, 7) is 5.21. The molecule has 0 bridgehead atoms. The molecule has 0 aromatic heterocycles. The van der Waals surface area contributed by atoms with Gasteiger partial charge in [-0.3, -0.25) is 9.59 Å². The van der Waals surface area contributed by atoms with Gasteiger partial charge in [0.25, 0.3) is 0 Å². The molecule has 1 atom stereocenters. The van der Waals surface area contributed by atoms with Crippen LogP contribution in [0.15, 0.2) is 18.2 Å². The van der Waals surface area contributed by atoms with Gasteiger partial charge in [0.2, 0.25) is 11.8 Å². The zero-order valence-corrected chi connectivity index (χ0v) is 14.2. The summed E-state index contributed by atoms with van der Waals surface area (Å²) in [4.78, 5) is 25.8. The zero-order valence-electron chi connectivity index (χ0n) is 14.2. The van der Waals surface area contributed by atoms with Crippen molar-refractivity contribution < 1.29 is 19.1 Å². The van der Waals surface area contributed by atoms with Crippen LogP contribution in [0, 0.1) is 0 Å². The van der Waals surface area contributed by atoms with Gasteiger partial charge in [0.1, 0.15) is 13.2 Å². The molecular formula is C17H25N3O4. The molecule has 7 nitrogen and oxygen atoms in total. The minimum absolute atomic E-state index is 0.0166. The Morgan fingerprint density at radius 1 is 1.29 bits per heavy atom. The number of likely N-dealkylation sites (N-methyl/N-ethyl adjacent to an activating group) is 1. The molecular weight excluding hydrogens is 310 g/mol. The monoisotopic (exact) mass is 335 g/mol. The first-order valence-electron chi connectivity index (χ1n) is 8.22. The van der Waals surface area contributed by atoms with Crippen LogP contribution in [0.3, 0.4) is 0 Å². The van der Waals surface area contributed by atoms with Crippen LogP contribution < -0.4 is 20.5 Å². The van der Waals surface area contributed by atoms with Crippen molar-refractivity contribution in [2.75, 3.05) is 31.6 Å². The second-order valence-corrected chi connectivity index (χ2v) is 5.83. The number of amides is 2. The standard InChI is InChI=1S/C17H25N3O4/c1-3-20(17(22)7-4-12(2)18)11-16(21)19-13-5-6-14-15(10-13)24-9-8-23-14/h5-6,10,12H,3-4,7-9,11,18H2,1-2H3,(H,19,21). The number of nitrogens with one attached hydrogen (secondary N) is 1. The van der Waals surface area contributed by atoms with Crippen LogP contribution in [-0.2, 0) is 9.59 Å². The number of benzene rings is 1. The first kappa shape index (κ1) is 18.1. The molecule has 0 spiro atoms. The number of rotatable bonds is 7. The lowest BCUT2D eigenvalue weighted by molar-refractivity contribution is -0.134. The summed E-state index contributed by atoms with van der Waals surface area (Å²) in [5.74, 6) is 0.967. The highest BCUT2D eigenvalue weighted by Crippen LogP contribution is 2.32. The summed E-state index contributed by atoms with van der Waals surface area (Å²) in [6, 6.07) is 5.20. The van der Waals surface area contributed by atoms with Crippen molar-refractivity contribution in [3.63, 3.8) is 0 Å². The Balaban J connectivity index is 1.90. The lowest BCUT2D eigenvalue weighted by atomic mass is 10.2. The SMILES string of the molecule is CCN(CC(=O)Nc1ccc2c(c1)OCCO2)C(=O)CCC(C)N. The minimum atomic E-state index is -0.248. The molecule has 1 aromatic carbocycles. The molecule has 132 valence electrons. The highest BCUT2D eigenvalue weighted by atomic mass is 16.6. The zero-order chi connectivity index (χ0) is 17.5. The van der Waals surface area contributed by atoms with Crippen LogP contribution in [-0.4, -0.2) is 49.1 Å². The highest BCUT2D eigenvalue weighted by molar-refractivity contribution is 5.94. The maximum Gasteiger partial charge on any atom is 0.243 e. The fourth-order valence-corrected chi connectivity index (χ4v) is 2.38. The second-order valence-electron chi connectivity index (χ2n) is 5.83. The van der Waals surface area contributed by atoms with E-state index in [1.165, 1.54) is 4.90 Å². The third kappa shape index (κ3) is 5.13. The normalized spacial score (nSPS) is 14.0. The average Bonchev–Trinajstić information content (AvgIpc) is 2.57. The number of nitrogens with zero attached hydrogens (tertiary/aromatic N) is 1. The Morgan fingerprint density at radius 3 is 2.67 bits per heavy atom. The quantitative estimate of drug-likeness (QED) is 0.785. The van der Waals surface area contributed by atoms with Crippen LogP contribution >= 0.6 is 0 Å². The van der Waals surface area contributed by atoms with Gasteiger partial charge in [0.05, 0.1) is 6.54 Å². The van der Waals surface area contributed by atoms with Crippen LogP contribution in [0.5, 0.6) is 11.5 Å². The molecule has 1 unspecified atom stereocenters. The van der Waals surface area contributed by atoms with Gasteiger partial charge in [0.15, 0.2) is 11.5 Å². The van der Waals surface area contributed by atoms with E-state index in [0.29, 0.717) is 49.8 Å². The van der Waals surface area contributed by atoms with Crippen molar-refractivity contribution in [2.24, 2.45) is 5.73 Å². The smallest absolute Gasteiger partial charge is 0.243 e. The van der Waals surface area contributed by atoms with Crippen molar-refractivity contribution in [1.82, 2.24) is 4.90 Å². The van der Waals surface area contributed by atoms with Crippen LogP contribution in [0.1, 0.15) is 26.7 Å².